The van der Waals surface area contributed by atoms with Crippen LogP contribution in [-0.2, 0) is 25.7 Å². The van der Waals surface area contributed by atoms with Gasteiger partial charge in [-0.1, -0.05) is 0 Å². The predicted octanol–water partition coefficient (Wildman–Crippen LogP) is 1.25. The number of hydrogen-bond donors (Lipinski definition) is 0. The van der Waals surface area contributed by atoms with Crippen molar-refractivity contribution in [3.05, 3.63) is 36.4 Å². The molecule has 0 saturated heterocycles. The molecule has 3 heteroatoms. The monoisotopic (exact) mass is 157 g/mol. The molecule has 2 nitrogen and oxygen atoms in total. The summed E-state index contributed by atoms with van der Waals surface area (Å²) >= 11 is -2.00. The molecule has 0 fully saturated rings. The summed E-state index contributed by atoms with van der Waals surface area (Å²) in [5.41, 5.74) is 0. The molecule has 0 atom stereocenters. The van der Waals surface area contributed by atoms with Crippen LogP contribution in [0.1, 0.15) is 0 Å². The summed E-state index contributed by atoms with van der Waals surface area (Å²) in [4.78, 5) is 0. The van der Waals surface area contributed by atoms with Crippen LogP contribution in [0.3, 0.4) is 0 Å². The van der Waals surface area contributed by atoms with Gasteiger partial charge in [-0.2, -0.15) is 36.4 Å². The first kappa shape index (κ1) is 8.53. The minimum atomic E-state index is -2.00. The third kappa shape index (κ3) is 7.53. The van der Waals surface area contributed by atoms with Crippen molar-refractivity contribution < 1.29 is 25.7 Å². The Labute approximate surface area is 62.5 Å². The second-order valence-corrected chi connectivity index (χ2v) is 1.42. The summed E-state index contributed by atoms with van der Waals surface area (Å²) in [6, 6.07) is 12.5. The van der Waals surface area contributed by atoms with Gasteiger partial charge in [0.2, 0.25) is 0 Å². The van der Waals surface area contributed by atoms with Gasteiger partial charge in [0.1, 0.15) is 0 Å². The Kier molecular flexibility index (Phi) is 7.14. The van der Waals surface area contributed by atoms with E-state index in [1.165, 1.54) is 0 Å². The zero-order chi connectivity index (χ0) is 6.95. The maximum absolute atomic E-state index is 8.50. The van der Waals surface area contributed by atoms with Crippen molar-refractivity contribution in [1.82, 2.24) is 0 Å². The van der Waals surface area contributed by atoms with Crippen LogP contribution >= 0.6 is 0 Å². The molecule has 0 saturated carbocycles. The maximum Gasteiger partial charge on any atom is -0.171 e. The average molecular weight is 157 g/mol. The molecule has 0 radical (unpaired) electrons. The molecule has 0 amide bonds. The van der Waals surface area contributed by atoms with Gasteiger partial charge >= 0.3 is 25.7 Å². The molecule has 0 bridgehead atoms. The average Bonchev–Trinajstić information content (AvgIpc) is 1.93. The van der Waals surface area contributed by atoms with Crippen LogP contribution in [0.5, 0.6) is 0 Å². The Morgan fingerprint density at radius 2 is 1.44 bits per heavy atom. The van der Waals surface area contributed by atoms with E-state index in [0.717, 1.165) is 0 Å². The molecule has 0 aliphatic rings. The first-order valence-electron chi connectivity index (χ1n) is 2.32. The van der Waals surface area contributed by atoms with Crippen LogP contribution in [0.4, 0.5) is 0 Å². The van der Waals surface area contributed by atoms with Crippen LogP contribution in [0.2, 0.25) is 0 Å². The molecule has 0 aliphatic carbocycles. The van der Waals surface area contributed by atoms with E-state index in [-0.39, 0.29) is 0 Å². The molecule has 1 rings (SSSR count). The Balaban J connectivity index is 0.000000187. The molecule has 0 aromatic heterocycles. The van der Waals surface area contributed by atoms with Crippen LogP contribution < -0.4 is 0 Å². The summed E-state index contributed by atoms with van der Waals surface area (Å²) in [5.74, 6) is 0. The zero-order valence-corrected chi connectivity index (χ0v) is 6.26. The largest absolute Gasteiger partial charge is 0.184 e. The van der Waals surface area contributed by atoms with Gasteiger partial charge < -0.3 is 0 Å². The van der Waals surface area contributed by atoms with Crippen molar-refractivity contribution in [2.24, 2.45) is 0 Å². The van der Waals surface area contributed by atoms with Crippen molar-refractivity contribution in [2.45, 2.75) is 0 Å². The maximum atomic E-state index is 8.50. The van der Waals surface area contributed by atoms with Crippen molar-refractivity contribution in [1.29, 1.82) is 0 Å². The molecular weight excluding hydrogens is 152 g/mol. The number of hydrogen-bond acceptors (Lipinski definition) is 2. The first-order chi connectivity index (χ1) is 4.41. The van der Waals surface area contributed by atoms with Gasteiger partial charge in [-0.3, -0.25) is 0 Å². The summed E-state index contributed by atoms with van der Waals surface area (Å²) in [7, 11) is 0. The molecule has 0 spiro atoms. The van der Waals surface area contributed by atoms with Crippen molar-refractivity contribution in [2.75, 3.05) is 0 Å². The van der Waals surface area contributed by atoms with E-state index in [0.29, 0.717) is 0 Å². The minimum Gasteiger partial charge on any atom is -0.184 e. The first-order valence-corrected chi connectivity index (χ1v) is 3.59. The van der Waals surface area contributed by atoms with E-state index < -0.39 is 19.1 Å². The number of rotatable bonds is 0. The topological polar surface area (TPSA) is 34.1 Å². The molecule has 0 unspecified atom stereocenters. The Morgan fingerprint density at radius 3 is 1.56 bits per heavy atom. The van der Waals surface area contributed by atoms with Crippen molar-refractivity contribution in [3.63, 3.8) is 0 Å². The van der Waals surface area contributed by atoms with Crippen molar-refractivity contribution in [3.8, 4) is 0 Å². The molecule has 1 aromatic carbocycles. The molecule has 9 heavy (non-hydrogen) atoms. The molecule has 46 valence electrons. The van der Waals surface area contributed by atoms with Gasteiger partial charge in [0.25, 0.3) is 0 Å². The van der Waals surface area contributed by atoms with Gasteiger partial charge in [0, 0.05) is 0 Å². The smallest absolute Gasteiger partial charge is 0.171 e. The van der Waals surface area contributed by atoms with E-state index in [4.69, 9.17) is 6.65 Å². The van der Waals surface area contributed by atoms with Crippen LogP contribution in [-0.4, -0.2) is 0 Å². The minimum absolute atomic E-state index is 1.88. The summed E-state index contributed by atoms with van der Waals surface area (Å²) in [5, 5.41) is 0. The molecule has 0 N–H and O–H groups in total. The van der Waals surface area contributed by atoms with Crippen LogP contribution in [0, 0.1) is 6.07 Å². The van der Waals surface area contributed by atoms with Gasteiger partial charge in [-0.25, -0.2) is 0 Å². The molecule has 0 heterocycles. The zero-order valence-electron chi connectivity index (χ0n) is 4.70. The van der Waals surface area contributed by atoms with E-state index in [1.807, 2.05) is 30.3 Å². The van der Waals surface area contributed by atoms with Gasteiger partial charge in [-0.15, -0.1) is 0 Å². The Hall–Kier alpha value is -0.466. The van der Waals surface area contributed by atoms with Crippen molar-refractivity contribution >= 4 is 0 Å². The summed E-state index contributed by atoms with van der Waals surface area (Å²) in [6.45, 7) is 0. The quantitative estimate of drug-likeness (QED) is 0.419. The number of benzene rings is 1. The Bertz CT molecular complexity index is 141. The SMILES string of the molecule is [O]=[Ti]=[O].[c-]1ccccc1. The van der Waals surface area contributed by atoms with E-state index in [9.17, 15) is 0 Å². The van der Waals surface area contributed by atoms with Gasteiger partial charge in [-0.05, 0) is 0 Å². The predicted molar refractivity (Wildman–Crippen MR) is 26.7 cm³/mol. The molecular formula is C6H5O2Ti-. The second-order valence-electron chi connectivity index (χ2n) is 1.16. The standard InChI is InChI=1S/C6H5.2O.Ti/c1-2-4-6-5-3-1;;;/h1-5H;;;/q-1;;;. The summed E-state index contributed by atoms with van der Waals surface area (Å²) in [6.07, 6.45) is 0. The normalized spacial score (nSPS) is 6.22. The molecule has 1 aromatic rings. The van der Waals surface area contributed by atoms with Gasteiger partial charge in [0.05, 0.1) is 0 Å². The fourth-order valence-corrected chi connectivity index (χ4v) is 0.342. The van der Waals surface area contributed by atoms with E-state index in [2.05, 4.69) is 6.07 Å². The van der Waals surface area contributed by atoms with Crippen LogP contribution in [0.25, 0.3) is 0 Å². The third-order valence-corrected chi connectivity index (χ3v) is 0.607. The fraction of sp³-hybridized carbons (Fsp3) is 0. The van der Waals surface area contributed by atoms with E-state index in [1.54, 1.807) is 0 Å². The summed E-state index contributed by atoms with van der Waals surface area (Å²) < 4.78 is 17.0. The fourth-order valence-electron chi connectivity index (χ4n) is 0.342. The third-order valence-electron chi connectivity index (χ3n) is 0.607. The molecule has 0 aliphatic heterocycles. The Morgan fingerprint density at radius 1 is 1.00 bits per heavy atom. The second kappa shape index (κ2) is 7.53. The van der Waals surface area contributed by atoms with E-state index >= 15 is 0 Å². The van der Waals surface area contributed by atoms with Crippen LogP contribution in [0.15, 0.2) is 30.3 Å². The van der Waals surface area contributed by atoms with Gasteiger partial charge in [0.15, 0.2) is 0 Å².